The van der Waals surface area contributed by atoms with E-state index in [1.807, 2.05) is 18.2 Å². The summed E-state index contributed by atoms with van der Waals surface area (Å²) >= 11 is 12.6. The molecular weight excluding hydrogens is 341 g/mol. The van der Waals surface area contributed by atoms with Crippen LogP contribution < -0.4 is 4.74 Å². The van der Waals surface area contributed by atoms with Gasteiger partial charge in [-0.1, -0.05) is 43.1 Å². The Balaban J connectivity index is 1.97. The summed E-state index contributed by atoms with van der Waals surface area (Å²) in [7, 11) is 0. The standard InChI is InChI=1S/C20H23Cl2NO/c1-4-23(5-2)12-16-10-14-8-13(3)9-18(20(14)24-16)17-11-15(21)6-7-19(17)22/h6-9,11,16H,4-5,10,12H2,1-3H3. The fraction of sp³-hybridized carbons (Fsp3) is 0.400. The maximum absolute atomic E-state index is 6.43. The number of aryl methyl sites for hydroxylation is 1. The highest BCUT2D eigenvalue weighted by molar-refractivity contribution is 6.35. The van der Waals surface area contributed by atoms with Gasteiger partial charge in [0.05, 0.1) is 0 Å². The average Bonchev–Trinajstić information content (AvgIpc) is 2.96. The molecule has 0 aromatic heterocycles. The first kappa shape index (κ1) is 17.6. The van der Waals surface area contributed by atoms with Gasteiger partial charge in [0.25, 0.3) is 0 Å². The molecule has 0 radical (unpaired) electrons. The lowest BCUT2D eigenvalue weighted by Gasteiger charge is -2.22. The highest BCUT2D eigenvalue weighted by Crippen LogP contribution is 2.43. The quantitative estimate of drug-likeness (QED) is 0.683. The summed E-state index contributed by atoms with van der Waals surface area (Å²) in [5, 5.41) is 1.38. The molecule has 0 saturated heterocycles. The Morgan fingerprint density at radius 2 is 1.83 bits per heavy atom. The van der Waals surface area contributed by atoms with Crippen LogP contribution in [0.15, 0.2) is 30.3 Å². The van der Waals surface area contributed by atoms with E-state index in [-0.39, 0.29) is 6.10 Å². The fourth-order valence-corrected chi connectivity index (χ4v) is 3.76. The number of ether oxygens (including phenoxy) is 1. The van der Waals surface area contributed by atoms with Gasteiger partial charge in [-0.05, 0) is 55.4 Å². The molecule has 2 nitrogen and oxygen atoms in total. The van der Waals surface area contributed by atoms with E-state index < -0.39 is 0 Å². The van der Waals surface area contributed by atoms with E-state index >= 15 is 0 Å². The van der Waals surface area contributed by atoms with Gasteiger partial charge in [0, 0.05) is 34.1 Å². The first-order valence-electron chi connectivity index (χ1n) is 8.49. The second kappa shape index (κ2) is 7.35. The Bertz CT molecular complexity index is 741. The molecule has 0 amide bonds. The van der Waals surface area contributed by atoms with Crippen LogP contribution in [0.3, 0.4) is 0 Å². The Morgan fingerprint density at radius 3 is 2.54 bits per heavy atom. The van der Waals surface area contributed by atoms with E-state index in [1.54, 1.807) is 0 Å². The molecule has 128 valence electrons. The van der Waals surface area contributed by atoms with Gasteiger partial charge in [0.1, 0.15) is 11.9 Å². The van der Waals surface area contributed by atoms with Gasteiger partial charge in [-0.2, -0.15) is 0 Å². The minimum atomic E-state index is 0.193. The number of nitrogens with zero attached hydrogens (tertiary/aromatic N) is 1. The molecule has 2 aromatic carbocycles. The number of fused-ring (bicyclic) bond motifs is 1. The van der Waals surface area contributed by atoms with Crippen LogP contribution in [0.5, 0.6) is 5.75 Å². The molecule has 1 aliphatic rings. The molecule has 1 unspecified atom stereocenters. The van der Waals surface area contributed by atoms with Crippen molar-refractivity contribution in [3.8, 4) is 16.9 Å². The summed E-state index contributed by atoms with van der Waals surface area (Å²) in [6.45, 7) is 9.51. The third-order valence-electron chi connectivity index (χ3n) is 4.62. The molecule has 0 fully saturated rings. The first-order chi connectivity index (χ1) is 11.5. The molecule has 1 aliphatic heterocycles. The Kier molecular flexibility index (Phi) is 5.39. The van der Waals surface area contributed by atoms with Crippen molar-refractivity contribution in [3.05, 3.63) is 51.5 Å². The van der Waals surface area contributed by atoms with Crippen LogP contribution in [-0.4, -0.2) is 30.6 Å². The molecule has 1 heterocycles. The highest BCUT2D eigenvalue weighted by Gasteiger charge is 2.28. The maximum atomic E-state index is 6.43. The van der Waals surface area contributed by atoms with Crippen molar-refractivity contribution < 1.29 is 4.74 Å². The number of hydrogen-bond acceptors (Lipinski definition) is 2. The molecule has 0 spiro atoms. The maximum Gasteiger partial charge on any atom is 0.131 e. The monoisotopic (exact) mass is 363 g/mol. The van der Waals surface area contributed by atoms with Gasteiger partial charge in [-0.3, -0.25) is 0 Å². The highest BCUT2D eigenvalue weighted by atomic mass is 35.5. The summed E-state index contributed by atoms with van der Waals surface area (Å²) in [6, 6.07) is 9.93. The van der Waals surface area contributed by atoms with Crippen molar-refractivity contribution in [1.82, 2.24) is 4.90 Å². The summed E-state index contributed by atoms with van der Waals surface area (Å²) in [4.78, 5) is 2.40. The van der Waals surface area contributed by atoms with Crippen LogP contribution in [0, 0.1) is 6.92 Å². The van der Waals surface area contributed by atoms with Gasteiger partial charge < -0.3 is 9.64 Å². The number of benzene rings is 2. The van der Waals surface area contributed by atoms with Crippen LogP contribution in [0.4, 0.5) is 0 Å². The lowest BCUT2D eigenvalue weighted by atomic mass is 9.97. The van der Waals surface area contributed by atoms with Crippen LogP contribution in [0.2, 0.25) is 10.0 Å². The minimum Gasteiger partial charge on any atom is -0.488 e. The molecule has 2 aromatic rings. The van der Waals surface area contributed by atoms with Crippen molar-refractivity contribution in [3.63, 3.8) is 0 Å². The molecule has 4 heteroatoms. The molecule has 1 atom stereocenters. The zero-order valence-electron chi connectivity index (χ0n) is 14.4. The van der Waals surface area contributed by atoms with Crippen molar-refractivity contribution in [2.45, 2.75) is 33.3 Å². The van der Waals surface area contributed by atoms with E-state index in [0.29, 0.717) is 10.0 Å². The van der Waals surface area contributed by atoms with Gasteiger partial charge in [0.15, 0.2) is 0 Å². The lowest BCUT2D eigenvalue weighted by molar-refractivity contribution is 0.159. The van der Waals surface area contributed by atoms with Gasteiger partial charge in [0.2, 0.25) is 0 Å². The van der Waals surface area contributed by atoms with Gasteiger partial charge >= 0.3 is 0 Å². The second-order valence-corrected chi connectivity index (χ2v) is 7.20. The summed E-state index contributed by atoms with van der Waals surface area (Å²) in [5.74, 6) is 0.960. The van der Waals surface area contributed by atoms with E-state index in [1.165, 1.54) is 11.1 Å². The van der Waals surface area contributed by atoms with Gasteiger partial charge in [-0.25, -0.2) is 0 Å². The van der Waals surface area contributed by atoms with E-state index in [0.717, 1.165) is 42.9 Å². The largest absolute Gasteiger partial charge is 0.488 e. The third-order valence-corrected chi connectivity index (χ3v) is 5.18. The van der Waals surface area contributed by atoms with E-state index in [4.69, 9.17) is 27.9 Å². The first-order valence-corrected chi connectivity index (χ1v) is 9.25. The Labute approximate surface area is 154 Å². The van der Waals surface area contributed by atoms with Crippen molar-refractivity contribution in [2.24, 2.45) is 0 Å². The smallest absolute Gasteiger partial charge is 0.131 e. The fourth-order valence-electron chi connectivity index (χ4n) is 3.37. The van der Waals surface area contributed by atoms with Gasteiger partial charge in [-0.15, -0.1) is 0 Å². The third kappa shape index (κ3) is 3.56. The molecule has 0 bridgehead atoms. The Morgan fingerprint density at radius 1 is 1.08 bits per heavy atom. The molecule has 3 rings (SSSR count). The van der Waals surface area contributed by atoms with Crippen LogP contribution in [0.25, 0.3) is 11.1 Å². The summed E-state index contributed by atoms with van der Waals surface area (Å²) < 4.78 is 6.33. The van der Waals surface area contributed by atoms with E-state index in [9.17, 15) is 0 Å². The number of likely N-dealkylation sites (N-methyl/N-ethyl adjacent to an activating group) is 1. The van der Waals surface area contributed by atoms with Crippen LogP contribution in [-0.2, 0) is 6.42 Å². The number of hydrogen-bond donors (Lipinski definition) is 0. The number of halogens is 2. The molecule has 0 N–H and O–H groups in total. The molecule has 0 saturated carbocycles. The molecule has 24 heavy (non-hydrogen) atoms. The summed E-state index contributed by atoms with van der Waals surface area (Å²) in [5.41, 5.74) is 4.46. The zero-order chi connectivity index (χ0) is 17.3. The second-order valence-electron chi connectivity index (χ2n) is 6.35. The zero-order valence-corrected chi connectivity index (χ0v) is 15.9. The van der Waals surface area contributed by atoms with Crippen molar-refractivity contribution >= 4 is 23.2 Å². The predicted molar refractivity (Wildman–Crippen MR) is 103 cm³/mol. The SMILES string of the molecule is CCN(CC)CC1Cc2cc(C)cc(-c3cc(Cl)ccc3Cl)c2O1. The topological polar surface area (TPSA) is 12.5 Å². The van der Waals surface area contributed by atoms with Crippen LogP contribution >= 0.6 is 23.2 Å². The normalized spacial score (nSPS) is 16.3. The Hall–Kier alpha value is -1.22. The predicted octanol–water partition coefficient (Wildman–Crippen LogP) is 5.61. The van der Waals surface area contributed by atoms with E-state index in [2.05, 4.69) is 37.8 Å². The lowest BCUT2D eigenvalue weighted by Crippen LogP contribution is -2.34. The van der Waals surface area contributed by atoms with Crippen LogP contribution in [0.1, 0.15) is 25.0 Å². The molecule has 0 aliphatic carbocycles. The average molecular weight is 364 g/mol. The minimum absolute atomic E-state index is 0.193. The summed E-state index contributed by atoms with van der Waals surface area (Å²) in [6.07, 6.45) is 1.14. The van der Waals surface area contributed by atoms with Crippen molar-refractivity contribution in [2.75, 3.05) is 19.6 Å². The van der Waals surface area contributed by atoms with Crippen molar-refractivity contribution in [1.29, 1.82) is 0 Å². The number of rotatable bonds is 5. The molecular formula is C20H23Cl2NO.